The fourth-order valence-electron chi connectivity index (χ4n) is 4.34. The minimum atomic E-state index is -0.278. The number of ether oxygens (including phenoxy) is 1. The van der Waals surface area contributed by atoms with Gasteiger partial charge >= 0.3 is 5.97 Å². The Morgan fingerprint density at radius 1 is 1.20 bits per heavy atom. The molecule has 3 nitrogen and oxygen atoms in total. The number of carbonyl (C=O) groups is 1. The van der Waals surface area contributed by atoms with Crippen molar-refractivity contribution in [2.45, 2.75) is 39.2 Å². The number of nitrogens with zero attached hydrogens (tertiary/aromatic N) is 1. The molecular formula is C22H23NO2. The summed E-state index contributed by atoms with van der Waals surface area (Å²) in [5.41, 5.74) is 7.28. The van der Waals surface area contributed by atoms with Gasteiger partial charge in [0.05, 0.1) is 19.2 Å². The van der Waals surface area contributed by atoms with Gasteiger partial charge in [0.1, 0.15) is 0 Å². The molecule has 0 spiro atoms. The third kappa shape index (κ3) is 2.30. The summed E-state index contributed by atoms with van der Waals surface area (Å²) in [6, 6.07) is 15.1. The van der Waals surface area contributed by atoms with E-state index in [1.54, 1.807) is 0 Å². The molecule has 0 amide bonds. The molecule has 1 aromatic heterocycles. The Kier molecular flexibility index (Phi) is 3.50. The van der Waals surface area contributed by atoms with Crippen molar-refractivity contribution in [2.24, 2.45) is 0 Å². The highest BCUT2D eigenvalue weighted by atomic mass is 16.5. The van der Waals surface area contributed by atoms with Crippen molar-refractivity contribution < 1.29 is 9.53 Å². The van der Waals surface area contributed by atoms with Crippen molar-refractivity contribution in [2.75, 3.05) is 7.11 Å². The quantitative estimate of drug-likeness (QED) is 0.633. The Bertz CT molecular complexity index is 999. The van der Waals surface area contributed by atoms with E-state index in [2.05, 4.69) is 67.8 Å². The second-order valence-corrected chi connectivity index (χ2v) is 7.44. The van der Waals surface area contributed by atoms with Crippen molar-refractivity contribution in [3.05, 3.63) is 59.2 Å². The zero-order chi connectivity index (χ0) is 17.8. The summed E-state index contributed by atoms with van der Waals surface area (Å²) >= 11 is 0. The molecular weight excluding hydrogens is 310 g/mol. The number of aryl methyl sites for hydroxylation is 2. The molecule has 3 aromatic rings. The van der Waals surface area contributed by atoms with Gasteiger partial charge in [-0.25, -0.2) is 0 Å². The summed E-state index contributed by atoms with van der Waals surface area (Å²) < 4.78 is 7.37. The van der Waals surface area contributed by atoms with Crippen LogP contribution >= 0.6 is 0 Å². The van der Waals surface area contributed by atoms with E-state index in [4.69, 9.17) is 4.74 Å². The lowest BCUT2D eigenvalue weighted by Gasteiger charge is -2.37. The Hall–Kier alpha value is -2.55. The van der Waals surface area contributed by atoms with Gasteiger partial charge in [0, 0.05) is 28.4 Å². The number of esters is 1. The third-order valence-electron chi connectivity index (χ3n) is 5.57. The molecule has 1 unspecified atom stereocenters. The molecule has 0 aliphatic carbocycles. The van der Waals surface area contributed by atoms with Crippen molar-refractivity contribution in [1.29, 1.82) is 0 Å². The maximum absolute atomic E-state index is 12.1. The predicted octanol–water partition coefficient (Wildman–Crippen LogP) is 4.76. The first-order valence-corrected chi connectivity index (χ1v) is 8.71. The van der Waals surface area contributed by atoms with Crippen molar-refractivity contribution in [1.82, 2.24) is 4.57 Å². The molecule has 0 bridgehead atoms. The van der Waals surface area contributed by atoms with Crippen LogP contribution in [0.15, 0.2) is 42.5 Å². The van der Waals surface area contributed by atoms with E-state index in [1.165, 1.54) is 46.0 Å². The van der Waals surface area contributed by atoms with Gasteiger partial charge in [-0.3, -0.25) is 4.79 Å². The van der Waals surface area contributed by atoms with Crippen molar-refractivity contribution in [3.8, 4) is 11.3 Å². The van der Waals surface area contributed by atoms with Gasteiger partial charge in [-0.2, -0.15) is 0 Å². The average molecular weight is 333 g/mol. The van der Waals surface area contributed by atoms with E-state index in [9.17, 15) is 4.79 Å². The molecule has 1 aliphatic rings. The number of aromatic nitrogens is 1. The standard InChI is InChI=1S/C22H23NO2/c1-14-9-10-19-17(11-14)15(2)21-16-7-5-6-8-18(16)22(3,13-23(19)21)12-20(24)25-4/h5-11H,12-13H2,1-4H3. The fraction of sp³-hybridized carbons (Fsp3) is 0.318. The lowest BCUT2D eigenvalue weighted by atomic mass is 9.74. The van der Waals surface area contributed by atoms with Crippen LogP contribution in [0.5, 0.6) is 0 Å². The number of methoxy groups -OCH3 is 1. The normalized spacial score (nSPS) is 18.7. The molecule has 0 N–H and O–H groups in total. The van der Waals surface area contributed by atoms with Crippen LogP contribution < -0.4 is 0 Å². The van der Waals surface area contributed by atoms with Crippen LogP contribution in [0.25, 0.3) is 22.2 Å². The number of hydrogen-bond acceptors (Lipinski definition) is 2. The topological polar surface area (TPSA) is 31.2 Å². The summed E-state index contributed by atoms with van der Waals surface area (Å²) in [4.78, 5) is 12.1. The highest BCUT2D eigenvalue weighted by Gasteiger charge is 2.38. The first kappa shape index (κ1) is 15.9. The summed E-state index contributed by atoms with van der Waals surface area (Å²) in [6.45, 7) is 7.28. The molecule has 1 atom stereocenters. The average Bonchev–Trinajstić information content (AvgIpc) is 2.86. The lowest BCUT2D eigenvalue weighted by molar-refractivity contribution is -0.142. The highest BCUT2D eigenvalue weighted by Crippen LogP contribution is 2.46. The van der Waals surface area contributed by atoms with E-state index in [0.29, 0.717) is 6.42 Å². The molecule has 0 fully saturated rings. The molecule has 1 aliphatic heterocycles. The molecule has 25 heavy (non-hydrogen) atoms. The molecule has 4 rings (SSSR count). The van der Waals surface area contributed by atoms with Crippen molar-refractivity contribution in [3.63, 3.8) is 0 Å². The summed E-state index contributed by atoms with van der Waals surface area (Å²) in [7, 11) is 1.46. The SMILES string of the molecule is COC(=O)CC1(C)Cn2c(c(C)c3cc(C)ccc32)-c2ccccc21. The predicted molar refractivity (Wildman–Crippen MR) is 101 cm³/mol. The third-order valence-corrected chi connectivity index (χ3v) is 5.57. The number of hydrogen-bond donors (Lipinski definition) is 0. The van der Waals surface area contributed by atoms with Gasteiger partial charge in [0.25, 0.3) is 0 Å². The summed E-state index contributed by atoms with van der Waals surface area (Å²) in [6.07, 6.45) is 0.379. The molecule has 2 aromatic carbocycles. The lowest BCUT2D eigenvalue weighted by Crippen LogP contribution is -2.35. The number of benzene rings is 2. The van der Waals surface area contributed by atoms with Gasteiger partial charge in [-0.15, -0.1) is 0 Å². The van der Waals surface area contributed by atoms with E-state index in [-0.39, 0.29) is 11.4 Å². The van der Waals surface area contributed by atoms with Gasteiger partial charge in [-0.05, 0) is 37.1 Å². The van der Waals surface area contributed by atoms with Gasteiger partial charge in [-0.1, -0.05) is 42.8 Å². The first-order chi connectivity index (χ1) is 11.9. The van der Waals surface area contributed by atoms with Gasteiger partial charge in [0.15, 0.2) is 0 Å². The van der Waals surface area contributed by atoms with Crippen LogP contribution in [-0.2, 0) is 21.5 Å². The first-order valence-electron chi connectivity index (χ1n) is 8.71. The maximum atomic E-state index is 12.1. The number of fused-ring (bicyclic) bond motifs is 5. The minimum absolute atomic E-state index is 0.162. The number of rotatable bonds is 2. The summed E-state index contributed by atoms with van der Waals surface area (Å²) in [5, 5.41) is 1.30. The van der Waals surface area contributed by atoms with Gasteiger partial charge < -0.3 is 9.30 Å². The second kappa shape index (κ2) is 5.48. The zero-order valence-corrected chi connectivity index (χ0v) is 15.2. The van der Waals surface area contributed by atoms with Gasteiger partial charge in [0.2, 0.25) is 0 Å². The van der Waals surface area contributed by atoms with Crippen LogP contribution in [0.3, 0.4) is 0 Å². The molecule has 2 heterocycles. The van der Waals surface area contributed by atoms with E-state index in [1.807, 2.05) is 0 Å². The fourth-order valence-corrected chi connectivity index (χ4v) is 4.34. The molecule has 128 valence electrons. The number of carbonyl (C=O) groups excluding carboxylic acids is 1. The van der Waals surface area contributed by atoms with E-state index < -0.39 is 0 Å². The molecule has 3 heteroatoms. The maximum Gasteiger partial charge on any atom is 0.306 e. The smallest absolute Gasteiger partial charge is 0.306 e. The van der Waals surface area contributed by atoms with E-state index >= 15 is 0 Å². The van der Waals surface area contributed by atoms with Crippen LogP contribution in [0.2, 0.25) is 0 Å². The Morgan fingerprint density at radius 3 is 2.72 bits per heavy atom. The molecule has 0 radical (unpaired) electrons. The molecule has 0 saturated heterocycles. The van der Waals surface area contributed by atoms with Crippen LogP contribution in [0, 0.1) is 13.8 Å². The largest absolute Gasteiger partial charge is 0.469 e. The Morgan fingerprint density at radius 2 is 1.96 bits per heavy atom. The zero-order valence-electron chi connectivity index (χ0n) is 15.2. The summed E-state index contributed by atoms with van der Waals surface area (Å²) in [5.74, 6) is -0.162. The van der Waals surface area contributed by atoms with Crippen LogP contribution in [0.4, 0.5) is 0 Å². The monoisotopic (exact) mass is 333 g/mol. The van der Waals surface area contributed by atoms with Crippen LogP contribution in [-0.4, -0.2) is 17.6 Å². The van der Waals surface area contributed by atoms with E-state index in [0.717, 1.165) is 6.54 Å². The molecule has 0 saturated carbocycles. The Labute approximate surface area is 148 Å². The van der Waals surface area contributed by atoms with Crippen LogP contribution in [0.1, 0.15) is 30.0 Å². The highest BCUT2D eigenvalue weighted by molar-refractivity contribution is 5.93. The second-order valence-electron chi connectivity index (χ2n) is 7.44. The Balaban J connectivity index is 2.02. The minimum Gasteiger partial charge on any atom is -0.469 e. The van der Waals surface area contributed by atoms with Crippen molar-refractivity contribution >= 4 is 16.9 Å².